The molecule has 0 fully saturated rings. The molecular formula is C13H18O4. The summed E-state index contributed by atoms with van der Waals surface area (Å²) < 4.78 is 20.0. The average Bonchev–Trinajstić information content (AvgIpc) is 2.38. The molecule has 0 unspecified atom stereocenters. The highest BCUT2D eigenvalue weighted by atomic mass is 16.8. The van der Waals surface area contributed by atoms with Crippen molar-refractivity contribution in [2.24, 2.45) is 0 Å². The Morgan fingerprint density at radius 1 is 1.00 bits per heavy atom. The molecular weight excluding hydrogens is 220 g/mol. The van der Waals surface area contributed by atoms with Gasteiger partial charge in [-0.05, 0) is 11.1 Å². The lowest BCUT2D eigenvalue weighted by Gasteiger charge is -2.06. The first-order valence-corrected chi connectivity index (χ1v) is 5.30. The van der Waals surface area contributed by atoms with Gasteiger partial charge in [-0.25, -0.2) is 0 Å². The van der Waals surface area contributed by atoms with Crippen molar-refractivity contribution >= 4 is 6.08 Å². The zero-order valence-electron chi connectivity index (χ0n) is 10.1. The molecule has 0 amide bonds. The second-order valence-corrected chi connectivity index (χ2v) is 3.34. The number of hydrogen-bond acceptors (Lipinski definition) is 4. The van der Waals surface area contributed by atoms with E-state index >= 15 is 0 Å². The summed E-state index contributed by atoms with van der Waals surface area (Å²) in [5.74, 6) is 0. The van der Waals surface area contributed by atoms with Crippen LogP contribution in [-0.4, -0.2) is 27.5 Å². The van der Waals surface area contributed by atoms with Crippen molar-refractivity contribution in [1.29, 1.82) is 0 Å². The Hall–Kier alpha value is -1.20. The Balaban J connectivity index is 2.07. The molecule has 17 heavy (non-hydrogen) atoms. The number of ether oxygens (including phenoxy) is 4. The number of rotatable bonds is 9. The van der Waals surface area contributed by atoms with Crippen molar-refractivity contribution in [3.63, 3.8) is 0 Å². The zero-order valence-corrected chi connectivity index (χ0v) is 10.1. The molecule has 0 heterocycles. The van der Waals surface area contributed by atoms with E-state index in [1.807, 2.05) is 24.3 Å². The third-order valence-electron chi connectivity index (χ3n) is 2.02. The van der Waals surface area contributed by atoms with Crippen molar-refractivity contribution in [3.8, 4) is 0 Å². The van der Waals surface area contributed by atoms with Crippen LogP contribution < -0.4 is 0 Å². The van der Waals surface area contributed by atoms with Gasteiger partial charge in [0.15, 0.2) is 6.79 Å². The van der Waals surface area contributed by atoms with Crippen LogP contribution in [0, 0.1) is 0 Å². The fraction of sp³-hybridized carbons (Fsp3) is 0.385. The molecule has 94 valence electrons. The minimum atomic E-state index is 0.170. The molecule has 0 atom stereocenters. The maximum atomic E-state index is 5.30. The van der Waals surface area contributed by atoms with Crippen molar-refractivity contribution < 1.29 is 18.9 Å². The predicted molar refractivity (Wildman–Crippen MR) is 65.1 cm³/mol. The van der Waals surface area contributed by atoms with E-state index in [1.54, 1.807) is 13.2 Å². The molecule has 1 rings (SSSR count). The zero-order chi connectivity index (χ0) is 12.3. The van der Waals surface area contributed by atoms with Gasteiger partial charge < -0.3 is 18.9 Å². The van der Waals surface area contributed by atoms with E-state index in [4.69, 9.17) is 14.2 Å². The summed E-state index contributed by atoms with van der Waals surface area (Å²) in [7, 11) is 1.56. The van der Waals surface area contributed by atoms with Crippen LogP contribution in [0.4, 0.5) is 0 Å². The van der Waals surface area contributed by atoms with Gasteiger partial charge in [0, 0.05) is 7.11 Å². The maximum absolute atomic E-state index is 5.30. The maximum Gasteiger partial charge on any atom is 0.152 e. The van der Waals surface area contributed by atoms with E-state index < -0.39 is 0 Å². The van der Waals surface area contributed by atoms with Gasteiger partial charge in [0.2, 0.25) is 0 Å². The molecule has 0 radical (unpaired) electrons. The molecule has 0 saturated carbocycles. The van der Waals surface area contributed by atoms with Crippen LogP contribution in [0.1, 0.15) is 11.1 Å². The number of benzene rings is 1. The normalized spacial score (nSPS) is 10.4. The Labute approximate surface area is 102 Å². The van der Waals surface area contributed by atoms with Crippen LogP contribution >= 0.6 is 0 Å². The van der Waals surface area contributed by atoms with Gasteiger partial charge in [0.1, 0.15) is 13.6 Å². The minimum Gasteiger partial charge on any atom is -0.359 e. The Bertz CT molecular complexity index is 308. The molecule has 0 aliphatic rings. The highest BCUT2D eigenvalue weighted by molar-refractivity contribution is 5.47. The molecule has 0 aliphatic heterocycles. The Kier molecular flexibility index (Phi) is 7.25. The summed E-state index contributed by atoms with van der Waals surface area (Å²) in [6.45, 7) is 4.81. The van der Waals surface area contributed by atoms with Crippen LogP contribution in [-0.2, 0) is 25.6 Å². The molecule has 4 heteroatoms. The molecule has 0 bridgehead atoms. The standard InChI is InChI=1S/C13H18O4/c1-3-12-4-6-13(7-5-12)8-15-10-17-11-16-9-14-2/h3-7H,1,8-11H2,2H3. The predicted octanol–water partition coefficient (Wildman–Crippen LogP) is 2.40. The molecule has 4 nitrogen and oxygen atoms in total. The third-order valence-corrected chi connectivity index (χ3v) is 2.02. The van der Waals surface area contributed by atoms with Crippen molar-refractivity contribution in [3.05, 3.63) is 42.0 Å². The first kappa shape index (κ1) is 13.9. The van der Waals surface area contributed by atoms with Gasteiger partial charge >= 0.3 is 0 Å². The van der Waals surface area contributed by atoms with Gasteiger partial charge in [0.05, 0.1) is 6.61 Å². The summed E-state index contributed by atoms with van der Waals surface area (Å²) in [6, 6.07) is 7.99. The van der Waals surface area contributed by atoms with Crippen molar-refractivity contribution in [2.45, 2.75) is 6.61 Å². The summed E-state index contributed by atoms with van der Waals surface area (Å²) in [5.41, 5.74) is 2.19. The lowest BCUT2D eigenvalue weighted by Crippen LogP contribution is -2.06. The monoisotopic (exact) mass is 238 g/mol. The second-order valence-electron chi connectivity index (χ2n) is 3.34. The van der Waals surface area contributed by atoms with E-state index in [0.29, 0.717) is 6.61 Å². The molecule has 0 aromatic heterocycles. The number of hydrogen-bond donors (Lipinski definition) is 0. The molecule has 1 aromatic carbocycles. The van der Waals surface area contributed by atoms with E-state index in [-0.39, 0.29) is 20.4 Å². The van der Waals surface area contributed by atoms with E-state index in [1.165, 1.54) is 0 Å². The van der Waals surface area contributed by atoms with E-state index in [0.717, 1.165) is 11.1 Å². The lowest BCUT2D eigenvalue weighted by molar-refractivity contribution is -0.166. The summed E-state index contributed by atoms with van der Waals surface area (Å²) in [5, 5.41) is 0. The van der Waals surface area contributed by atoms with Gasteiger partial charge in [0.25, 0.3) is 0 Å². The van der Waals surface area contributed by atoms with Crippen LogP contribution in [0.2, 0.25) is 0 Å². The summed E-state index contributed by atoms with van der Waals surface area (Å²) in [4.78, 5) is 0. The van der Waals surface area contributed by atoms with Crippen LogP contribution in [0.15, 0.2) is 30.8 Å². The van der Waals surface area contributed by atoms with Gasteiger partial charge in [-0.3, -0.25) is 0 Å². The first-order chi connectivity index (χ1) is 8.36. The second kappa shape index (κ2) is 8.90. The Morgan fingerprint density at radius 3 is 2.29 bits per heavy atom. The summed E-state index contributed by atoms with van der Waals surface area (Å²) in [6.07, 6.45) is 1.81. The lowest BCUT2D eigenvalue weighted by atomic mass is 10.1. The van der Waals surface area contributed by atoms with Gasteiger partial charge in [-0.1, -0.05) is 36.9 Å². The first-order valence-electron chi connectivity index (χ1n) is 5.30. The number of methoxy groups -OCH3 is 1. The van der Waals surface area contributed by atoms with Crippen LogP contribution in [0.25, 0.3) is 6.08 Å². The third kappa shape index (κ3) is 6.19. The van der Waals surface area contributed by atoms with Crippen LogP contribution in [0.5, 0.6) is 0 Å². The smallest absolute Gasteiger partial charge is 0.152 e. The largest absolute Gasteiger partial charge is 0.359 e. The minimum absolute atomic E-state index is 0.170. The average molecular weight is 238 g/mol. The van der Waals surface area contributed by atoms with Gasteiger partial charge in [-0.15, -0.1) is 0 Å². The topological polar surface area (TPSA) is 36.9 Å². The fourth-order valence-electron chi connectivity index (χ4n) is 1.18. The van der Waals surface area contributed by atoms with E-state index in [2.05, 4.69) is 11.3 Å². The molecule has 0 spiro atoms. The van der Waals surface area contributed by atoms with E-state index in [9.17, 15) is 0 Å². The quantitative estimate of drug-likeness (QED) is 0.489. The highest BCUT2D eigenvalue weighted by Gasteiger charge is 1.93. The van der Waals surface area contributed by atoms with Crippen LogP contribution in [0.3, 0.4) is 0 Å². The summed E-state index contributed by atoms with van der Waals surface area (Å²) >= 11 is 0. The SMILES string of the molecule is C=Cc1ccc(COCOCOCOC)cc1. The van der Waals surface area contributed by atoms with Crippen molar-refractivity contribution in [1.82, 2.24) is 0 Å². The van der Waals surface area contributed by atoms with Gasteiger partial charge in [-0.2, -0.15) is 0 Å². The highest BCUT2D eigenvalue weighted by Crippen LogP contribution is 2.06. The molecule has 1 aromatic rings. The fourth-order valence-corrected chi connectivity index (χ4v) is 1.18. The molecule has 0 N–H and O–H groups in total. The van der Waals surface area contributed by atoms with Crippen molar-refractivity contribution in [2.75, 3.05) is 27.5 Å². The Morgan fingerprint density at radius 2 is 1.65 bits per heavy atom. The molecule has 0 saturated heterocycles. The molecule has 0 aliphatic carbocycles.